The molecule has 4 nitrogen and oxygen atoms in total. The smallest absolute Gasteiger partial charge is 0.362 e. The van der Waals surface area contributed by atoms with E-state index in [-0.39, 0.29) is 17.0 Å². The number of hydrogen-bond donors (Lipinski definition) is 0. The van der Waals surface area contributed by atoms with Gasteiger partial charge in [-0.25, -0.2) is 14.2 Å². The van der Waals surface area contributed by atoms with Crippen molar-refractivity contribution in [2.24, 2.45) is 0 Å². The fourth-order valence-corrected chi connectivity index (χ4v) is 2.97. The molecule has 2 rings (SSSR count). The Kier molecular flexibility index (Phi) is 9.14. The highest BCUT2D eigenvalue weighted by molar-refractivity contribution is 5.88. The summed E-state index contributed by atoms with van der Waals surface area (Å²) in [6.45, 7) is 2.23. The van der Waals surface area contributed by atoms with Gasteiger partial charge in [0.1, 0.15) is 23.3 Å². The molecular weight excluding hydrogens is 355 g/mol. The first-order valence-corrected chi connectivity index (χ1v) is 10.0. The fraction of sp³-hybridized carbons (Fsp3) is 0.435. The van der Waals surface area contributed by atoms with E-state index in [0.29, 0.717) is 0 Å². The highest BCUT2D eigenvalue weighted by Gasteiger charge is 2.12. The van der Waals surface area contributed by atoms with E-state index < -0.39 is 11.8 Å². The Balaban J connectivity index is 1.75. The van der Waals surface area contributed by atoms with Gasteiger partial charge in [-0.1, -0.05) is 57.9 Å². The lowest BCUT2D eigenvalue weighted by atomic mass is 10.0. The average molecular weight is 382 g/mol. The number of benzene rings is 1. The minimum atomic E-state index is -0.721. The van der Waals surface area contributed by atoms with Gasteiger partial charge < -0.3 is 4.74 Å². The van der Waals surface area contributed by atoms with Crippen LogP contribution in [-0.4, -0.2) is 11.0 Å². The zero-order valence-corrected chi connectivity index (χ0v) is 16.4. The number of ether oxygens (including phenoxy) is 1. The molecule has 0 spiro atoms. The van der Waals surface area contributed by atoms with E-state index in [0.717, 1.165) is 24.5 Å². The van der Waals surface area contributed by atoms with Crippen molar-refractivity contribution in [3.8, 4) is 11.8 Å². The lowest BCUT2D eigenvalue weighted by Gasteiger charge is -2.06. The lowest BCUT2D eigenvalue weighted by molar-refractivity contribution is 0.0728. The third-order valence-corrected chi connectivity index (χ3v) is 4.62. The molecule has 148 valence electrons. The van der Waals surface area contributed by atoms with E-state index in [1.165, 1.54) is 57.1 Å². The number of aromatic nitrogens is 1. The molecule has 28 heavy (non-hydrogen) atoms. The number of halogens is 1. The van der Waals surface area contributed by atoms with Crippen molar-refractivity contribution in [1.29, 1.82) is 5.26 Å². The van der Waals surface area contributed by atoms with Crippen LogP contribution in [0.4, 0.5) is 4.39 Å². The van der Waals surface area contributed by atoms with Gasteiger partial charge >= 0.3 is 5.97 Å². The van der Waals surface area contributed by atoms with E-state index in [2.05, 4.69) is 11.9 Å². The van der Waals surface area contributed by atoms with Crippen LogP contribution in [0.5, 0.6) is 5.75 Å². The number of carbonyl (C=O) groups is 1. The SMILES string of the molecule is CCCCCCCCCCc1ccc(C(=O)Oc2ccc(C#N)c(F)c2)nc1. The predicted molar refractivity (Wildman–Crippen MR) is 107 cm³/mol. The second kappa shape index (κ2) is 11.9. The van der Waals surface area contributed by atoms with Gasteiger partial charge in [0.05, 0.1) is 5.56 Å². The van der Waals surface area contributed by atoms with Gasteiger partial charge in [0.15, 0.2) is 0 Å². The van der Waals surface area contributed by atoms with Gasteiger partial charge in [-0.2, -0.15) is 5.26 Å². The van der Waals surface area contributed by atoms with E-state index in [4.69, 9.17) is 10.00 Å². The maximum absolute atomic E-state index is 13.6. The minimum Gasteiger partial charge on any atom is -0.422 e. The van der Waals surface area contributed by atoms with Crippen LogP contribution in [0.1, 0.15) is 79.9 Å². The molecule has 0 saturated heterocycles. The third kappa shape index (κ3) is 7.11. The van der Waals surface area contributed by atoms with Gasteiger partial charge in [0.25, 0.3) is 0 Å². The fourth-order valence-electron chi connectivity index (χ4n) is 2.97. The topological polar surface area (TPSA) is 63.0 Å². The molecule has 1 aromatic heterocycles. The summed E-state index contributed by atoms with van der Waals surface area (Å²) < 4.78 is 18.7. The van der Waals surface area contributed by atoms with E-state index in [1.807, 2.05) is 6.07 Å². The van der Waals surface area contributed by atoms with E-state index in [1.54, 1.807) is 18.3 Å². The van der Waals surface area contributed by atoms with Crippen molar-refractivity contribution in [3.63, 3.8) is 0 Å². The summed E-state index contributed by atoms with van der Waals surface area (Å²) in [5, 5.41) is 8.72. The highest BCUT2D eigenvalue weighted by Crippen LogP contribution is 2.17. The van der Waals surface area contributed by atoms with Crippen LogP contribution in [0, 0.1) is 17.1 Å². The predicted octanol–water partition coefficient (Wildman–Crippen LogP) is 5.99. The van der Waals surface area contributed by atoms with Crippen molar-refractivity contribution in [2.75, 3.05) is 0 Å². The van der Waals surface area contributed by atoms with Crippen LogP contribution in [0.2, 0.25) is 0 Å². The number of esters is 1. The number of carbonyl (C=O) groups excluding carboxylic acids is 1. The van der Waals surface area contributed by atoms with Crippen molar-refractivity contribution in [3.05, 3.63) is 59.2 Å². The summed E-state index contributed by atoms with van der Waals surface area (Å²) >= 11 is 0. The van der Waals surface area contributed by atoms with Crippen LogP contribution in [-0.2, 0) is 6.42 Å². The first kappa shape index (κ1) is 21.6. The second-order valence-corrected chi connectivity index (χ2v) is 6.92. The Labute approximate surface area is 166 Å². The molecule has 0 N–H and O–H groups in total. The van der Waals surface area contributed by atoms with Crippen molar-refractivity contribution >= 4 is 5.97 Å². The van der Waals surface area contributed by atoms with Crippen LogP contribution >= 0.6 is 0 Å². The second-order valence-electron chi connectivity index (χ2n) is 6.92. The highest BCUT2D eigenvalue weighted by atomic mass is 19.1. The summed E-state index contributed by atoms with van der Waals surface area (Å²) in [5.74, 6) is -1.32. The first-order valence-electron chi connectivity index (χ1n) is 10.0. The molecule has 0 aliphatic heterocycles. The van der Waals surface area contributed by atoms with E-state index >= 15 is 0 Å². The van der Waals surface area contributed by atoms with Crippen LogP contribution in [0.25, 0.3) is 0 Å². The molecule has 0 amide bonds. The summed E-state index contributed by atoms with van der Waals surface area (Å²) in [6, 6.07) is 8.91. The Hall–Kier alpha value is -2.74. The molecule has 0 atom stereocenters. The van der Waals surface area contributed by atoms with Gasteiger partial charge in [0.2, 0.25) is 0 Å². The summed E-state index contributed by atoms with van der Waals surface area (Å²) in [4.78, 5) is 16.3. The zero-order valence-electron chi connectivity index (χ0n) is 16.4. The number of aryl methyl sites for hydroxylation is 1. The summed E-state index contributed by atoms with van der Waals surface area (Å²) in [6.07, 6.45) is 12.8. The molecule has 2 aromatic rings. The number of hydrogen-bond acceptors (Lipinski definition) is 4. The van der Waals surface area contributed by atoms with Gasteiger partial charge in [-0.05, 0) is 36.6 Å². The Morgan fingerprint density at radius 2 is 1.79 bits per heavy atom. The normalized spacial score (nSPS) is 10.5. The van der Waals surface area contributed by atoms with Crippen molar-refractivity contribution < 1.29 is 13.9 Å². The van der Waals surface area contributed by atoms with E-state index in [9.17, 15) is 9.18 Å². The monoisotopic (exact) mass is 382 g/mol. The molecule has 0 aliphatic rings. The molecule has 0 unspecified atom stereocenters. The van der Waals surface area contributed by atoms with Gasteiger partial charge in [-0.15, -0.1) is 0 Å². The Morgan fingerprint density at radius 3 is 2.39 bits per heavy atom. The molecule has 0 saturated carbocycles. The molecule has 1 heterocycles. The molecular formula is C23H27FN2O2. The minimum absolute atomic E-state index is 0.0475. The maximum Gasteiger partial charge on any atom is 0.362 e. The number of unbranched alkanes of at least 4 members (excludes halogenated alkanes) is 7. The molecule has 5 heteroatoms. The molecule has 0 fully saturated rings. The summed E-state index contributed by atoms with van der Waals surface area (Å²) in [5.41, 5.74) is 1.17. The molecule has 1 aromatic carbocycles. The average Bonchev–Trinajstić information content (AvgIpc) is 2.70. The number of nitriles is 1. The van der Waals surface area contributed by atoms with Crippen LogP contribution < -0.4 is 4.74 Å². The maximum atomic E-state index is 13.6. The van der Waals surface area contributed by atoms with Crippen molar-refractivity contribution in [2.45, 2.75) is 64.7 Å². The first-order chi connectivity index (χ1) is 13.6. The van der Waals surface area contributed by atoms with Crippen molar-refractivity contribution in [1.82, 2.24) is 4.98 Å². The Morgan fingerprint density at radius 1 is 1.07 bits per heavy atom. The van der Waals surface area contributed by atoms with Crippen LogP contribution in [0.15, 0.2) is 36.5 Å². The largest absolute Gasteiger partial charge is 0.422 e. The molecule has 0 radical (unpaired) electrons. The summed E-state index contributed by atoms with van der Waals surface area (Å²) in [7, 11) is 0. The Bertz CT molecular complexity index is 797. The molecule has 0 aliphatic carbocycles. The number of rotatable bonds is 11. The van der Waals surface area contributed by atoms with Crippen LogP contribution in [0.3, 0.4) is 0 Å². The standard InChI is InChI=1S/C23H27FN2O2/c1-2-3-4-5-6-7-8-9-10-18-11-14-22(26-17-18)23(27)28-20-13-12-19(16-25)21(24)15-20/h11-15,17H,2-10H2,1H3. The lowest BCUT2D eigenvalue weighted by Crippen LogP contribution is -2.11. The van der Waals surface area contributed by atoms with Gasteiger partial charge in [-0.3, -0.25) is 0 Å². The quantitative estimate of drug-likeness (QED) is 0.272. The van der Waals surface area contributed by atoms with Gasteiger partial charge in [0, 0.05) is 12.3 Å². The zero-order chi connectivity index (χ0) is 20.2. The third-order valence-electron chi connectivity index (χ3n) is 4.62. The number of nitrogens with zero attached hydrogens (tertiary/aromatic N) is 2. The molecule has 0 bridgehead atoms. The number of pyridine rings is 1.